The van der Waals surface area contributed by atoms with E-state index in [1.807, 2.05) is 38.1 Å². The number of hydrogen-bond donors (Lipinski definition) is 4. The number of nitrogens with zero attached hydrogens (tertiary/aromatic N) is 2. The molecule has 0 aliphatic carbocycles. The second-order valence-corrected chi connectivity index (χ2v) is 7.37. The predicted molar refractivity (Wildman–Crippen MR) is 131 cm³/mol. The first-order chi connectivity index (χ1) is 14.0. The number of amides is 1. The zero-order valence-electron chi connectivity index (χ0n) is 18.2. The number of aliphatic hydroxyl groups excluding tert-OH is 1. The number of carbonyl (C=O) groups excluding carboxylic acids is 1. The van der Waals surface area contributed by atoms with Gasteiger partial charge >= 0.3 is 0 Å². The molecule has 0 bridgehead atoms. The highest BCUT2D eigenvalue weighted by atomic mass is 127. The fraction of sp³-hybridized carbons (Fsp3) is 0.619. The maximum Gasteiger partial charge on any atom is 0.233 e. The second-order valence-electron chi connectivity index (χ2n) is 7.37. The number of piperidine rings is 1. The van der Waals surface area contributed by atoms with Crippen LogP contribution in [0.5, 0.6) is 5.75 Å². The van der Waals surface area contributed by atoms with Gasteiger partial charge in [-0.1, -0.05) is 12.1 Å². The fourth-order valence-electron chi connectivity index (χ4n) is 3.18. The molecule has 9 heteroatoms. The van der Waals surface area contributed by atoms with Crippen molar-refractivity contribution in [3.63, 3.8) is 0 Å². The Morgan fingerprint density at radius 3 is 2.73 bits per heavy atom. The standard InChI is InChI=1S/C21H35N5O3.HI/c1-4-23-21(25-17-8-10-26(11-9-17)14-20(28)22-3)24-13-18(27)15-29-19-7-5-6-16(2)12-19;/h5-7,12,17-18,27H,4,8-11,13-15H2,1-3H3,(H,22,28)(H2,23,24,25);1H. The summed E-state index contributed by atoms with van der Waals surface area (Å²) in [6, 6.07) is 8.06. The summed E-state index contributed by atoms with van der Waals surface area (Å²) in [5.41, 5.74) is 1.12. The highest BCUT2D eigenvalue weighted by Gasteiger charge is 2.21. The van der Waals surface area contributed by atoms with Crippen molar-refractivity contribution in [1.29, 1.82) is 0 Å². The summed E-state index contributed by atoms with van der Waals surface area (Å²) >= 11 is 0. The van der Waals surface area contributed by atoms with Gasteiger partial charge in [-0.2, -0.15) is 0 Å². The van der Waals surface area contributed by atoms with E-state index in [2.05, 4.69) is 25.8 Å². The van der Waals surface area contributed by atoms with Gasteiger partial charge in [-0.05, 0) is 44.4 Å². The summed E-state index contributed by atoms with van der Waals surface area (Å²) < 4.78 is 5.65. The number of rotatable bonds is 9. The van der Waals surface area contributed by atoms with Crippen molar-refractivity contribution in [2.75, 3.05) is 46.4 Å². The number of aliphatic hydroxyl groups is 1. The van der Waals surface area contributed by atoms with Gasteiger partial charge in [0.05, 0.1) is 13.1 Å². The molecule has 0 aromatic heterocycles. The SMILES string of the molecule is CCNC(=NCC(O)COc1cccc(C)c1)NC1CCN(CC(=O)NC)CC1.I. The number of likely N-dealkylation sites (tertiary alicyclic amines) is 1. The van der Waals surface area contributed by atoms with Crippen molar-refractivity contribution < 1.29 is 14.6 Å². The van der Waals surface area contributed by atoms with Crippen LogP contribution in [0.3, 0.4) is 0 Å². The van der Waals surface area contributed by atoms with Crippen LogP contribution < -0.4 is 20.7 Å². The zero-order valence-corrected chi connectivity index (χ0v) is 20.5. The minimum atomic E-state index is -0.680. The van der Waals surface area contributed by atoms with E-state index in [1.54, 1.807) is 7.05 Å². The number of guanidine groups is 1. The zero-order chi connectivity index (χ0) is 21.1. The van der Waals surface area contributed by atoms with Crippen LogP contribution in [0, 0.1) is 6.92 Å². The topological polar surface area (TPSA) is 98.2 Å². The van der Waals surface area contributed by atoms with Gasteiger partial charge < -0.3 is 25.8 Å². The van der Waals surface area contributed by atoms with E-state index in [-0.39, 0.29) is 43.0 Å². The van der Waals surface area contributed by atoms with Gasteiger partial charge in [0, 0.05) is 32.7 Å². The number of carbonyl (C=O) groups is 1. The van der Waals surface area contributed by atoms with Crippen LogP contribution in [0.1, 0.15) is 25.3 Å². The number of hydrogen-bond acceptors (Lipinski definition) is 5. The molecule has 0 radical (unpaired) electrons. The average Bonchev–Trinajstić information content (AvgIpc) is 2.72. The number of halogens is 1. The normalized spacial score (nSPS) is 16.3. The summed E-state index contributed by atoms with van der Waals surface area (Å²) in [5.74, 6) is 1.50. The molecule has 170 valence electrons. The first-order valence-electron chi connectivity index (χ1n) is 10.4. The van der Waals surface area contributed by atoms with Crippen LogP contribution in [-0.4, -0.2) is 80.4 Å². The highest BCUT2D eigenvalue weighted by Crippen LogP contribution is 2.12. The summed E-state index contributed by atoms with van der Waals surface area (Å²) in [6.07, 6.45) is 1.21. The number of nitrogens with one attached hydrogen (secondary N) is 3. The fourth-order valence-corrected chi connectivity index (χ4v) is 3.18. The molecule has 4 N–H and O–H groups in total. The van der Waals surface area contributed by atoms with E-state index in [0.29, 0.717) is 18.5 Å². The van der Waals surface area contributed by atoms with Crippen molar-refractivity contribution in [1.82, 2.24) is 20.9 Å². The molecule has 1 unspecified atom stereocenters. The number of likely N-dealkylation sites (N-methyl/N-ethyl adjacent to an activating group) is 1. The largest absolute Gasteiger partial charge is 0.491 e. The lowest BCUT2D eigenvalue weighted by Gasteiger charge is -2.32. The smallest absolute Gasteiger partial charge is 0.233 e. The molecule has 1 aliphatic rings. The van der Waals surface area contributed by atoms with E-state index in [0.717, 1.165) is 43.8 Å². The molecule has 0 saturated carbocycles. The first kappa shape index (κ1) is 26.4. The Hall–Kier alpha value is -1.59. The average molecular weight is 533 g/mol. The van der Waals surface area contributed by atoms with E-state index >= 15 is 0 Å². The quantitative estimate of drug-likeness (QED) is 0.216. The molecule has 1 aliphatic heterocycles. The van der Waals surface area contributed by atoms with Crippen LogP contribution in [0.2, 0.25) is 0 Å². The van der Waals surface area contributed by atoms with Gasteiger partial charge in [0.25, 0.3) is 0 Å². The third-order valence-corrected chi connectivity index (χ3v) is 4.81. The van der Waals surface area contributed by atoms with E-state index in [4.69, 9.17) is 4.74 Å². The van der Waals surface area contributed by atoms with Gasteiger partial charge in [-0.25, -0.2) is 0 Å². The molecule has 8 nitrogen and oxygen atoms in total. The van der Waals surface area contributed by atoms with E-state index < -0.39 is 6.10 Å². The highest BCUT2D eigenvalue weighted by molar-refractivity contribution is 14.0. The molecule has 2 rings (SSSR count). The molecule has 1 heterocycles. The molecular formula is C21H36IN5O3. The number of aliphatic imine (C=N–C) groups is 1. The third kappa shape index (κ3) is 9.94. The van der Waals surface area contributed by atoms with Crippen molar-refractivity contribution in [2.45, 2.75) is 38.8 Å². The van der Waals surface area contributed by atoms with Crippen molar-refractivity contribution in [2.24, 2.45) is 4.99 Å². The van der Waals surface area contributed by atoms with Gasteiger partial charge in [-0.15, -0.1) is 24.0 Å². The van der Waals surface area contributed by atoms with Gasteiger partial charge in [0.2, 0.25) is 5.91 Å². The Morgan fingerprint density at radius 2 is 2.10 bits per heavy atom. The van der Waals surface area contributed by atoms with Gasteiger partial charge in [0.1, 0.15) is 18.5 Å². The van der Waals surface area contributed by atoms with Gasteiger partial charge in [-0.3, -0.25) is 14.7 Å². The van der Waals surface area contributed by atoms with Crippen molar-refractivity contribution >= 4 is 35.8 Å². The van der Waals surface area contributed by atoms with E-state index in [1.165, 1.54) is 0 Å². The Labute approximate surface area is 196 Å². The van der Waals surface area contributed by atoms with Crippen molar-refractivity contribution in [3.8, 4) is 5.75 Å². The predicted octanol–water partition coefficient (Wildman–Crippen LogP) is 1.12. The van der Waals surface area contributed by atoms with Crippen LogP contribution >= 0.6 is 24.0 Å². The first-order valence-corrected chi connectivity index (χ1v) is 10.4. The Balaban J connectivity index is 0.00000450. The molecule has 1 aromatic rings. The summed E-state index contributed by atoms with van der Waals surface area (Å²) in [4.78, 5) is 18.2. The lowest BCUT2D eigenvalue weighted by atomic mass is 10.1. The minimum Gasteiger partial charge on any atom is -0.491 e. The number of aryl methyl sites for hydroxylation is 1. The third-order valence-electron chi connectivity index (χ3n) is 4.81. The molecule has 1 atom stereocenters. The van der Waals surface area contributed by atoms with Crippen LogP contribution in [0.4, 0.5) is 0 Å². The molecule has 1 fully saturated rings. The summed E-state index contributed by atoms with van der Waals surface area (Å²) in [7, 11) is 1.66. The molecule has 1 amide bonds. The van der Waals surface area contributed by atoms with Crippen LogP contribution in [0.15, 0.2) is 29.3 Å². The summed E-state index contributed by atoms with van der Waals surface area (Å²) in [5, 5.41) is 19.5. The van der Waals surface area contributed by atoms with Crippen LogP contribution in [-0.2, 0) is 4.79 Å². The maximum atomic E-state index is 11.5. The molecule has 0 spiro atoms. The molecular weight excluding hydrogens is 497 g/mol. The second kappa shape index (κ2) is 14.4. The number of benzene rings is 1. The Bertz CT molecular complexity index is 666. The molecule has 1 aromatic carbocycles. The van der Waals surface area contributed by atoms with Crippen molar-refractivity contribution in [3.05, 3.63) is 29.8 Å². The number of ether oxygens (including phenoxy) is 1. The summed E-state index contributed by atoms with van der Waals surface area (Å²) in [6.45, 7) is 7.42. The lowest BCUT2D eigenvalue weighted by molar-refractivity contribution is -0.122. The Morgan fingerprint density at radius 1 is 1.37 bits per heavy atom. The van der Waals surface area contributed by atoms with Gasteiger partial charge in [0.15, 0.2) is 5.96 Å². The maximum absolute atomic E-state index is 11.5. The van der Waals surface area contributed by atoms with E-state index in [9.17, 15) is 9.90 Å². The lowest BCUT2D eigenvalue weighted by Crippen LogP contribution is -2.50. The molecule has 30 heavy (non-hydrogen) atoms. The molecule has 1 saturated heterocycles. The van der Waals surface area contributed by atoms with Crippen LogP contribution in [0.25, 0.3) is 0 Å². The Kier molecular flexibility index (Phi) is 12.7. The minimum absolute atomic E-state index is 0. The monoisotopic (exact) mass is 533 g/mol.